The fraction of sp³-hybridized carbons (Fsp3) is 0.185. The molecule has 1 aliphatic heterocycles. The maximum absolute atomic E-state index is 13.7. The van der Waals surface area contributed by atoms with Crippen LogP contribution >= 0.6 is 0 Å². The lowest BCUT2D eigenvalue weighted by Crippen LogP contribution is -2.29. The number of fused-ring (bicyclic) bond motifs is 2. The van der Waals surface area contributed by atoms with Crippen LogP contribution in [0.1, 0.15) is 38.9 Å². The third-order valence-electron chi connectivity index (χ3n) is 6.27. The van der Waals surface area contributed by atoms with Crippen LogP contribution < -0.4 is 19.8 Å². The van der Waals surface area contributed by atoms with Gasteiger partial charge in [-0.25, -0.2) is 0 Å². The van der Waals surface area contributed by atoms with E-state index in [0.29, 0.717) is 33.7 Å². The minimum absolute atomic E-state index is 0.0763. The van der Waals surface area contributed by atoms with E-state index in [-0.39, 0.29) is 17.1 Å². The number of rotatable bonds is 4. The Kier molecular flexibility index (Phi) is 4.93. The molecular weight excluding hydrogens is 418 g/mol. The van der Waals surface area contributed by atoms with E-state index in [1.165, 1.54) is 0 Å². The van der Waals surface area contributed by atoms with Gasteiger partial charge in [-0.3, -0.25) is 14.5 Å². The standard InChI is InChI=1S/C27H23NO5/c1-15-13-21-22(14-16(15)2)33-26-23(25(21)29)24(17-5-9-19(31-3)10-6-17)28(27(26)30)18-7-11-20(32-4)12-8-18/h5-14,24H,1-4H3. The Morgan fingerprint density at radius 1 is 0.818 bits per heavy atom. The van der Waals surface area contributed by atoms with Gasteiger partial charge in [0.2, 0.25) is 5.76 Å². The smallest absolute Gasteiger partial charge is 0.295 e. The molecule has 2 heterocycles. The highest BCUT2D eigenvalue weighted by Crippen LogP contribution is 2.42. The highest BCUT2D eigenvalue weighted by Gasteiger charge is 2.43. The van der Waals surface area contributed by atoms with Gasteiger partial charge in [0.25, 0.3) is 5.91 Å². The molecule has 4 aromatic rings. The molecule has 1 amide bonds. The van der Waals surface area contributed by atoms with Gasteiger partial charge < -0.3 is 13.9 Å². The van der Waals surface area contributed by atoms with Gasteiger partial charge in [-0.15, -0.1) is 0 Å². The molecule has 0 N–H and O–H groups in total. The summed E-state index contributed by atoms with van der Waals surface area (Å²) in [7, 11) is 3.18. The van der Waals surface area contributed by atoms with E-state index in [2.05, 4.69) is 0 Å². The van der Waals surface area contributed by atoms with Gasteiger partial charge in [0.1, 0.15) is 17.1 Å². The van der Waals surface area contributed by atoms with Gasteiger partial charge in [-0.1, -0.05) is 12.1 Å². The summed E-state index contributed by atoms with van der Waals surface area (Å²) in [5.41, 5.74) is 3.98. The first kappa shape index (κ1) is 20.8. The maximum Gasteiger partial charge on any atom is 0.295 e. The minimum atomic E-state index is -0.630. The molecule has 0 aliphatic carbocycles. The maximum atomic E-state index is 13.7. The minimum Gasteiger partial charge on any atom is -0.497 e. The van der Waals surface area contributed by atoms with E-state index < -0.39 is 6.04 Å². The number of aryl methyl sites for hydroxylation is 2. The lowest BCUT2D eigenvalue weighted by atomic mass is 9.97. The number of benzene rings is 3. The van der Waals surface area contributed by atoms with Crippen LogP contribution in [0.3, 0.4) is 0 Å². The Balaban J connectivity index is 1.77. The van der Waals surface area contributed by atoms with Crippen LogP contribution in [0.25, 0.3) is 11.0 Å². The molecule has 1 atom stereocenters. The summed E-state index contributed by atoms with van der Waals surface area (Å²) < 4.78 is 16.6. The SMILES string of the molecule is COc1ccc(C2c3c(oc4cc(C)c(C)cc4c3=O)C(=O)N2c2ccc(OC)cc2)cc1. The topological polar surface area (TPSA) is 69.0 Å². The van der Waals surface area contributed by atoms with Crippen molar-refractivity contribution in [2.45, 2.75) is 19.9 Å². The van der Waals surface area contributed by atoms with Crippen molar-refractivity contribution in [1.82, 2.24) is 0 Å². The Bertz CT molecular complexity index is 1440. The summed E-state index contributed by atoms with van der Waals surface area (Å²) in [6, 6.07) is 17.6. The molecule has 0 saturated carbocycles. The third kappa shape index (κ3) is 3.26. The number of anilines is 1. The van der Waals surface area contributed by atoms with Gasteiger partial charge in [0.05, 0.1) is 31.2 Å². The molecule has 6 nitrogen and oxygen atoms in total. The average molecular weight is 441 g/mol. The van der Waals surface area contributed by atoms with E-state index in [4.69, 9.17) is 13.9 Å². The van der Waals surface area contributed by atoms with Crippen LogP contribution in [0, 0.1) is 13.8 Å². The van der Waals surface area contributed by atoms with Crippen molar-refractivity contribution in [1.29, 1.82) is 0 Å². The zero-order chi connectivity index (χ0) is 23.3. The fourth-order valence-corrected chi connectivity index (χ4v) is 4.34. The van der Waals surface area contributed by atoms with Crippen molar-refractivity contribution in [2.75, 3.05) is 19.1 Å². The second-order valence-corrected chi connectivity index (χ2v) is 8.16. The number of hydrogen-bond acceptors (Lipinski definition) is 5. The molecular formula is C27H23NO5. The Labute approximate surface area is 191 Å². The van der Waals surface area contributed by atoms with E-state index in [0.717, 1.165) is 16.7 Å². The molecule has 33 heavy (non-hydrogen) atoms. The predicted molar refractivity (Wildman–Crippen MR) is 127 cm³/mol. The summed E-state index contributed by atoms with van der Waals surface area (Å²) in [5.74, 6) is 1.09. The summed E-state index contributed by atoms with van der Waals surface area (Å²) >= 11 is 0. The molecule has 1 unspecified atom stereocenters. The number of carbonyl (C=O) groups excluding carboxylic acids is 1. The summed E-state index contributed by atoms with van der Waals surface area (Å²) in [5, 5.41) is 0.472. The van der Waals surface area contributed by atoms with Gasteiger partial charge in [-0.05, 0) is 79.1 Å². The number of ether oxygens (including phenoxy) is 2. The van der Waals surface area contributed by atoms with Crippen LogP contribution in [-0.2, 0) is 0 Å². The quantitative estimate of drug-likeness (QED) is 0.437. The predicted octanol–water partition coefficient (Wildman–Crippen LogP) is 5.18. The highest BCUT2D eigenvalue weighted by molar-refractivity contribution is 6.10. The van der Waals surface area contributed by atoms with Crippen LogP contribution in [0.5, 0.6) is 11.5 Å². The van der Waals surface area contributed by atoms with Crippen molar-refractivity contribution in [3.63, 3.8) is 0 Å². The second-order valence-electron chi connectivity index (χ2n) is 8.16. The molecule has 0 fully saturated rings. The molecule has 1 aliphatic rings. The van der Waals surface area contributed by atoms with Crippen molar-refractivity contribution in [3.8, 4) is 11.5 Å². The molecule has 166 valence electrons. The largest absolute Gasteiger partial charge is 0.497 e. The number of amides is 1. The lowest BCUT2D eigenvalue weighted by Gasteiger charge is -2.25. The Morgan fingerprint density at radius 3 is 2.00 bits per heavy atom. The molecule has 0 radical (unpaired) electrons. The van der Waals surface area contributed by atoms with Gasteiger partial charge in [0, 0.05) is 5.69 Å². The number of carbonyl (C=O) groups is 1. The van der Waals surface area contributed by atoms with E-state index in [9.17, 15) is 9.59 Å². The number of methoxy groups -OCH3 is 2. The van der Waals surface area contributed by atoms with Crippen molar-refractivity contribution >= 4 is 22.6 Å². The van der Waals surface area contributed by atoms with Crippen molar-refractivity contribution < 1.29 is 18.7 Å². The van der Waals surface area contributed by atoms with Gasteiger partial charge in [-0.2, -0.15) is 0 Å². The third-order valence-corrected chi connectivity index (χ3v) is 6.27. The Hall–Kier alpha value is -4.06. The second kappa shape index (κ2) is 7.81. The number of nitrogens with zero attached hydrogens (tertiary/aromatic N) is 1. The zero-order valence-electron chi connectivity index (χ0n) is 18.8. The van der Waals surface area contributed by atoms with E-state index in [1.807, 2.05) is 50.2 Å². The summed E-state index contributed by atoms with van der Waals surface area (Å²) in [6.07, 6.45) is 0. The highest BCUT2D eigenvalue weighted by atomic mass is 16.5. The van der Waals surface area contributed by atoms with Crippen LogP contribution in [0.2, 0.25) is 0 Å². The first-order valence-electron chi connectivity index (χ1n) is 10.6. The summed E-state index contributed by atoms with van der Waals surface area (Å²) in [6.45, 7) is 3.91. The molecule has 0 bridgehead atoms. The monoisotopic (exact) mass is 441 g/mol. The normalized spacial score (nSPS) is 15.1. The van der Waals surface area contributed by atoms with E-state index in [1.54, 1.807) is 43.4 Å². The van der Waals surface area contributed by atoms with E-state index >= 15 is 0 Å². The molecule has 0 saturated heterocycles. The fourth-order valence-electron chi connectivity index (χ4n) is 4.34. The molecule has 1 aromatic heterocycles. The first-order valence-corrected chi connectivity index (χ1v) is 10.6. The molecule has 0 spiro atoms. The zero-order valence-corrected chi connectivity index (χ0v) is 18.8. The molecule has 5 rings (SSSR count). The van der Waals surface area contributed by atoms with Gasteiger partial charge >= 0.3 is 0 Å². The Morgan fingerprint density at radius 2 is 1.39 bits per heavy atom. The van der Waals surface area contributed by atoms with Gasteiger partial charge in [0.15, 0.2) is 5.43 Å². The van der Waals surface area contributed by atoms with Crippen LogP contribution in [-0.4, -0.2) is 20.1 Å². The summed E-state index contributed by atoms with van der Waals surface area (Å²) in [4.78, 5) is 29.0. The number of hydrogen-bond donors (Lipinski definition) is 0. The van der Waals surface area contributed by atoms with Crippen molar-refractivity contribution in [3.05, 3.63) is 98.9 Å². The van der Waals surface area contributed by atoms with Crippen LogP contribution in [0.4, 0.5) is 5.69 Å². The van der Waals surface area contributed by atoms with Crippen LogP contribution in [0.15, 0.2) is 69.9 Å². The van der Waals surface area contributed by atoms with Crippen molar-refractivity contribution in [2.24, 2.45) is 0 Å². The first-order chi connectivity index (χ1) is 15.9. The molecule has 6 heteroatoms. The average Bonchev–Trinajstić information content (AvgIpc) is 3.13. The lowest BCUT2D eigenvalue weighted by molar-refractivity contribution is 0.0971. The molecule has 3 aromatic carbocycles.